The van der Waals surface area contributed by atoms with Crippen molar-refractivity contribution in [2.75, 3.05) is 6.54 Å². The highest BCUT2D eigenvalue weighted by atomic mass is 16.2. The monoisotopic (exact) mass is 302 g/mol. The summed E-state index contributed by atoms with van der Waals surface area (Å²) in [4.78, 5) is 36.6. The molecule has 1 fully saturated rings. The van der Waals surface area contributed by atoms with Gasteiger partial charge < -0.3 is 10.2 Å². The number of hydrogen-bond donors (Lipinski definition) is 1. The number of Topliss-reactive ketones (excluding diaryl/α,β-unsaturated/α-hetero) is 1. The maximum Gasteiger partial charge on any atom is 0.289 e. The van der Waals surface area contributed by atoms with Gasteiger partial charge in [-0.2, -0.15) is 0 Å². The molecule has 0 radical (unpaired) electrons. The summed E-state index contributed by atoms with van der Waals surface area (Å²) in [5.41, 5.74) is 0.920. The lowest BCUT2D eigenvalue weighted by atomic mass is 9.85. The normalized spacial score (nSPS) is 15.5. The van der Waals surface area contributed by atoms with E-state index in [2.05, 4.69) is 5.32 Å². The minimum Gasteiger partial charge on any atom is -0.349 e. The van der Waals surface area contributed by atoms with Crippen LogP contribution in [0.5, 0.6) is 0 Å². The van der Waals surface area contributed by atoms with Crippen LogP contribution in [0, 0.1) is 5.92 Å². The number of hydrogen-bond acceptors (Lipinski definition) is 3. The summed E-state index contributed by atoms with van der Waals surface area (Å²) in [7, 11) is 0. The fourth-order valence-corrected chi connectivity index (χ4v) is 2.42. The second kappa shape index (κ2) is 7.73. The Kier molecular flexibility index (Phi) is 5.69. The standard InChI is InChI=1S/C17H22N2O3/c1-13(16(21)17(22)18-10-14-8-5-9-14)19(12-20)11-15-6-3-2-4-7-15/h2-4,6-7,12-14H,5,8-11H2,1H3,(H,18,22). The molecule has 0 spiro atoms. The highest BCUT2D eigenvalue weighted by molar-refractivity contribution is 6.38. The third-order valence-corrected chi connectivity index (χ3v) is 4.22. The van der Waals surface area contributed by atoms with Gasteiger partial charge in [0, 0.05) is 13.1 Å². The summed E-state index contributed by atoms with van der Waals surface area (Å²) in [5, 5.41) is 2.68. The van der Waals surface area contributed by atoms with Crippen molar-refractivity contribution in [2.24, 2.45) is 5.92 Å². The Morgan fingerprint density at radius 3 is 2.55 bits per heavy atom. The molecule has 1 aromatic rings. The molecule has 1 aromatic carbocycles. The first-order valence-electron chi connectivity index (χ1n) is 7.69. The van der Waals surface area contributed by atoms with Crippen molar-refractivity contribution in [3.05, 3.63) is 35.9 Å². The number of carbonyl (C=O) groups excluding carboxylic acids is 3. The molecule has 5 heteroatoms. The second-order valence-electron chi connectivity index (χ2n) is 5.81. The van der Waals surface area contributed by atoms with Gasteiger partial charge in [-0.05, 0) is 31.2 Å². The van der Waals surface area contributed by atoms with Gasteiger partial charge in [0.25, 0.3) is 5.91 Å². The van der Waals surface area contributed by atoms with Gasteiger partial charge in [-0.25, -0.2) is 0 Å². The predicted octanol–water partition coefficient (Wildman–Crippen LogP) is 1.52. The highest BCUT2D eigenvalue weighted by Crippen LogP contribution is 2.25. The van der Waals surface area contributed by atoms with E-state index in [1.165, 1.54) is 11.3 Å². The van der Waals surface area contributed by atoms with Crippen LogP contribution in [-0.4, -0.2) is 35.6 Å². The molecule has 1 unspecified atom stereocenters. The van der Waals surface area contributed by atoms with E-state index < -0.39 is 17.7 Å². The molecule has 5 nitrogen and oxygen atoms in total. The van der Waals surface area contributed by atoms with Crippen LogP contribution in [0.15, 0.2) is 30.3 Å². The number of nitrogens with zero attached hydrogens (tertiary/aromatic N) is 1. The van der Waals surface area contributed by atoms with E-state index in [1.807, 2.05) is 30.3 Å². The SMILES string of the molecule is CC(C(=O)C(=O)NCC1CCC1)N(C=O)Cc1ccccc1. The van der Waals surface area contributed by atoms with E-state index in [4.69, 9.17) is 0 Å². The first-order valence-corrected chi connectivity index (χ1v) is 7.69. The van der Waals surface area contributed by atoms with Crippen molar-refractivity contribution in [3.63, 3.8) is 0 Å². The summed E-state index contributed by atoms with van der Waals surface area (Å²) in [5.74, 6) is -0.666. The van der Waals surface area contributed by atoms with Gasteiger partial charge in [-0.3, -0.25) is 14.4 Å². The van der Waals surface area contributed by atoms with Crippen molar-refractivity contribution in [1.29, 1.82) is 0 Å². The smallest absolute Gasteiger partial charge is 0.289 e. The summed E-state index contributed by atoms with van der Waals surface area (Å²) in [6.45, 7) is 2.45. The highest BCUT2D eigenvalue weighted by Gasteiger charge is 2.27. The summed E-state index contributed by atoms with van der Waals surface area (Å²) in [6, 6.07) is 8.62. The summed E-state index contributed by atoms with van der Waals surface area (Å²) < 4.78 is 0. The third kappa shape index (κ3) is 4.16. The number of benzene rings is 1. The second-order valence-corrected chi connectivity index (χ2v) is 5.81. The number of rotatable bonds is 8. The van der Waals surface area contributed by atoms with Crippen LogP contribution in [-0.2, 0) is 20.9 Å². The van der Waals surface area contributed by atoms with Crippen molar-refractivity contribution < 1.29 is 14.4 Å². The average molecular weight is 302 g/mol. The number of nitrogens with one attached hydrogen (secondary N) is 1. The predicted molar refractivity (Wildman–Crippen MR) is 82.9 cm³/mol. The maximum atomic E-state index is 12.1. The third-order valence-electron chi connectivity index (χ3n) is 4.22. The van der Waals surface area contributed by atoms with Gasteiger partial charge >= 0.3 is 0 Å². The van der Waals surface area contributed by atoms with Gasteiger partial charge in [0.15, 0.2) is 0 Å². The molecule has 0 bridgehead atoms. The van der Waals surface area contributed by atoms with Gasteiger partial charge in [0.2, 0.25) is 12.2 Å². The molecule has 22 heavy (non-hydrogen) atoms. The van der Waals surface area contributed by atoms with Crippen molar-refractivity contribution in [2.45, 2.75) is 38.8 Å². The van der Waals surface area contributed by atoms with Crippen LogP contribution in [0.1, 0.15) is 31.7 Å². The minimum absolute atomic E-state index is 0.313. The van der Waals surface area contributed by atoms with Crippen LogP contribution in [0.4, 0.5) is 0 Å². The number of ketones is 1. The van der Waals surface area contributed by atoms with Crippen LogP contribution in [0.3, 0.4) is 0 Å². The lowest BCUT2D eigenvalue weighted by Gasteiger charge is -2.26. The number of carbonyl (C=O) groups is 3. The van der Waals surface area contributed by atoms with Gasteiger partial charge in [-0.15, -0.1) is 0 Å². The van der Waals surface area contributed by atoms with E-state index in [-0.39, 0.29) is 0 Å². The van der Waals surface area contributed by atoms with E-state index in [0.29, 0.717) is 25.4 Å². The van der Waals surface area contributed by atoms with E-state index in [9.17, 15) is 14.4 Å². The molecule has 118 valence electrons. The Balaban J connectivity index is 1.88. The molecule has 0 heterocycles. The molecule has 2 rings (SSSR count). The minimum atomic E-state index is -0.765. The topological polar surface area (TPSA) is 66.5 Å². The molecule has 0 saturated heterocycles. The largest absolute Gasteiger partial charge is 0.349 e. The molecule has 1 aliphatic rings. The first kappa shape index (κ1) is 16.2. The molecule has 1 atom stereocenters. The zero-order valence-electron chi connectivity index (χ0n) is 12.8. The molecular formula is C17H22N2O3. The van der Waals surface area contributed by atoms with Gasteiger partial charge in [0.05, 0.1) is 6.04 Å². The van der Waals surface area contributed by atoms with Crippen LogP contribution in [0.25, 0.3) is 0 Å². The zero-order chi connectivity index (χ0) is 15.9. The lowest BCUT2D eigenvalue weighted by molar-refractivity contribution is -0.142. The molecule has 0 aromatic heterocycles. The molecule has 1 N–H and O–H groups in total. The quantitative estimate of drug-likeness (QED) is 0.585. The van der Waals surface area contributed by atoms with Gasteiger partial charge in [-0.1, -0.05) is 36.8 Å². The zero-order valence-corrected chi connectivity index (χ0v) is 12.8. The van der Waals surface area contributed by atoms with Crippen molar-refractivity contribution in [1.82, 2.24) is 10.2 Å². The Hall–Kier alpha value is -2.17. The van der Waals surface area contributed by atoms with Crippen molar-refractivity contribution >= 4 is 18.1 Å². The van der Waals surface area contributed by atoms with E-state index in [0.717, 1.165) is 18.4 Å². The molecule has 1 saturated carbocycles. The van der Waals surface area contributed by atoms with Crippen molar-refractivity contribution in [3.8, 4) is 0 Å². The van der Waals surface area contributed by atoms with E-state index >= 15 is 0 Å². The Morgan fingerprint density at radius 1 is 1.32 bits per heavy atom. The van der Waals surface area contributed by atoms with Crippen LogP contribution < -0.4 is 5.32 Å². The average Bonchev–Trinajstić information content (AvgIpc) is 2.50. The van der Waals surface area contributed by atoms with E-state index in [1.54, 1.807) is 6.92 Å². The summed E-state index contributed by atoms with van der Waals surface area (Å²) >= 11 is 0. The number of amides is 2. The molecular weight excluding hydrogens is 280 g/mol. The Labute approximate surface area is 130 Å². The summed E-state index contributed by atoms with van der Waals surface area (Å²) in [6.07, 6.45) is 4.03. The fraction of sp³-hybridized carbons (Fsp3) is 0.471. The van der Waals surface area contributed by atoms with Gasteiger partial charge in [0.1, 0.15) is 0 Å². The lowest BCUT2D eigenvalue weighted by Crippen LogP contribution is -2.46. The maximum absolute atomic E-state index is 12.1. The molecule has 2 amide bonds. The first-order chi connectivity index (χ1) is 10.6. The molecule has 1 aliphatic carbocycles. The Morgan fingerprint density at radius 2 is 2.00 bits per heavy atom. The van der Waals surface area contributed by atoms with Crippen LogP contribution in [0.2, 0.25) is 0 Å². The Bertz CT molecular complexity index is 526. The molecule has 0 aliphatic heterocycles. The van der Waals surface area contributed by atoms with Crippen LogP contribution >= 0.6 is 0 Å². The fourth-order valence-electron chi connectivity index (χ4n) is 2.42.